The molecule has 0 radical (unpaired) electrons. The fourth-order valence-corrected chi connectivity index (χ4v) is 1.49. The summed E-state index contributed by atoms with van der Waals surface area (Å²) < 4.78 is 25.7. The molecule has 0 unspecified atom stereocenters. The second-order valence-electron chi connectivity index (χ2n) is 2.41. The van der Waals surface area contributed by atoms with Gasteiger partial charge in [-0.25, -0.2) is 0 Å². The van der Waals surface area contributed by atoms with Crippen molar-refractivity contribution < 1.29 is 12.7 Å². The van der Waals surface area contributed by atoms with E-state index >= 15 is 0 Å². The van der Waals surface area contributed by atoms with Gasteiger partial charge in [-0.1, -0.05) is 0 Å². The van der Waals surface area contributed by atoms with Crippen LogP contribution < -0.4 is 0 Å². The van der Waals surface area contributed by atoms with Crippen molar-refractivity contribution >= 4 is 10.1 Å². The van der Waals surface area contributed by atoms with Crippen molar-refractivity contribution in [1.29, 1.82) is 0 Å². The van der Waals surface area contributed by atoms with E-state index < -0.39 is 10.1 Å². The van der Waals surface area contributed by atoms with Crippen LogP contribution in [-0.2, 0) is 14.4 Å². The van der Waals surface area contributed by atoms with Gasteiger partial charge in [0, 0.05) is 13.1 Å². The average Bonchev–Trinajstić information content (AvgIpc) is 2.12. The van der Waals surface area contributed by atoms with Crippen molar-refractivity contribution in [3.05, 3.63) is 0 Å². The Labute approximate surface area is 60.9 Å². The Morgan fingerprint density at radius 2 is 1.80 bits per heavy atom. The van der Waals surface area contributed by atoms with E-state index in [2.05, 4.69) is 4.28 Å². The second-order valence-corrected chi connectivity index (χ2v) is 3.97. The first kappa shape index (κ1) is 7.97. The van der Waals surface area contributed by atoms with E-state index in [9.17, 15) is 8.42 Å². The lowest BCUT2D eigenvalue weighted by Crippen LogP contribution is -2.23. The van der Waals surface area contributed by atoms with Gasteiger partial charge in [-0.2, -0.15) is 17.8 Å². The molecule has 0 aromatic heterocycles. The monoisotopic (exact) mass is 165 g/mol. The molecule has 1 aliphatic rings. The van der Waals surface area contributed by atoms with E-state index in [1.807, 2.05) is 0 Å². The van der Waals surface area contributed by atoms with Crippen molar-refractivity contribution in [2.45, 2.75) is 12.8 Å². The molecule has 10 heavy (non-hydrogen) atoms. The molecule has 5 heteroatoms. The van der Waals surface area contributed by atoms with E-state index in [1.165, 1.54) is 5.06 Å². The van der Waals surface area contributed by atoms with E-state index in [0.29, 0.717) is 0 Å². The minimum Gasteiger partial charge on any atom is -0.198 e. The van der Waals surface area contributed by atoms with Gasteiger partial charge in [0.05, 0.1) is 6.26 Å². The predicted molar refractivity (Wildman–Crippen MR) is 36.7 cm³/mol. The summed E-state index contributed by atoms with van der Waals surface area (Å²) in [6.07, 6.45) is 3.11. The Morgan fingerprint density at radius 1 is 1.30 bits per heavy atom. The van der Waals surface area contributed by atoms with Crippen molar-refractivity contribution in [2.75, 3.05) is 19.3 Å². The molecule has 60 valence electrons. The molecule has 0 N–H and O–H groups in total. The van der Waals surface area contributed by atoms with Crippen LogP contribution in [0.5, 0.6) is 0 Å². The third kappa shape index (κ3) is 2.64. The lowest BCUT2D eigenvalue weighted by atomic mass is 10.4. The van der Waals surface area contributed by atoms with Gasteiger partial charge in [0.1, 0.15) is 0 Å². The maximum atomic E-state index is 10.5. The molecule has 0 aromatic carbocycles. The van der Waals surface area contributed by atoms with Crippen LogP contribution in [0.3, 0.4) is 0 Å². The van der Waals surface area contributed by atoms with Gasteiger partial charge in [0.2, 0.25) is 0 Å². The van der Waals surface area contributed by atoms with Crippen LogP contribution in [0.4, 0.5) is 0 Å². The fraction of sp³-hybridized carbons (Fsp3) is 1.00. The molecule has 1 rings (SSSR count). The lowest BCUT2D eigenvalue weighted by Gasteiger charge is -2.10. The number of hydrogen-bond donors (Lipinski definition) is 0. The fourth-order valence-electron chi connectivity index (χ4n) is 0.954. The summed E-state index contributed by atoms with van der Waals surface area (Å²) in [4.78, 5) is 0. The first-order valence-corrected chi connectivity index (χ1v) is 5.04. The van der Waals surface area contributed by atoms with Crippen LogP contribution in [0.1, 0.15) is 12.8 Å². The van der Waals surface area contributed by atoms with Crippen molar-refractivity contribution in [1.82, 2.24) is 5.06 Å². The van der Waals surface area contributed by atoms with E-state index in [0.717, 1.165) is 32.2 Å². The second kappa shape index (κ2) is 2.86. The van der Waals surface area contributed by atoms with Crippen molar-refractivity contribution in [2.24, 2.45) is 0 Å². The molecule has 0 atom stereocenters. The standard InChI is InChI=1S/C5H11NO3S/c1-10(7,8)9-6-4-2-3-5-6/h2-5H2,1H3. The summed E-state index contributed by atoms with van der Waals surface area (Å²) in [6.45, 7) is 1.46. The van der Waals surface area contributed by atoms with Gasteiger partial charge >= 0.3 is 0 Å². The quantitative estimate of drug-likeness (QED) is 0.576. The molecule has 1 fully saturated rings. The van der Waals surface area contributed by atoms with Crippen LogP contribution in [-0.4, -0.2) is 32.8 Å². The maximum absolute atomic E-state index is 10.5. The first-order chi connectivity index (χ1) is 4.58. The molecular formula is C5H11NO3S. The normalized spacial score (nSPS) is 21.7. The topological polar surface area (TPSA) is 46.6 Å². The summed E-state index contributed by atoms with van der Waals surface area (Å²) in [5.41, 5.74) is 0. The third-order valence-electron chi connectivity index (χ3n) is 1.31. The van der Waals surface area contributed by atoms with Gasteiger partial charge in [-0.3, -0.25) is 0 Å². The average molecular weight is 165 g/mol. The highest BCUT2D eigenvalue weighted by molar-refractivity contribution is 7.85. The molecule has 0 saturated carbocycles. The highest BCUT2D eigenvalue weighted by Crippen LogP contribution is 2.08. The Kier molecular flexibility index (Phi) is 2.28. The Morgan fingerprint density at radius 3 is 2.20 bits per heavy atom. The van der Waals surface area contributed by atoms with Gasteiger partial charge in [0.25, 0.3) is 10.1 Å². The van der Waals surface area contributed by atoms with Gasteiger partial charge in [-0.15, -0.1) is 0 Å². The molecule has 1 heterocycles. The van der Waals surface area contributed by atoms with Gasteiger partial charge in [-0.05, 0) is 12.8 Å². The van der Waals surface area contributed by atoms with Crippen molar-refractivity contribution in [3.8, 4) is 0 Å². The maximum Gasteiger partial charge on any atom is 0.280 e. The summed E-state index contributed by atoms with van der Waals surface area (Å²) in [6, 6.07) is 0. The molecule has 1 saturated heterocycles. The zero-order valence-electron chi connectivity index (χ0n) is 5.91. The largest absolute Gasteiger partial charge is 0.280 e. The number of hydroxylamine groups is 2. The van der Waals surface area contributed by atoms with Crippen molar-refractivity contribution in [3.63, 3.8) is 0 Å². The molecule has 4 nitrogen and oxygen atoms in total. The zero-order valence-corrected chi connectivity index (χ0v) is 6.73. The minimum absolute atomic E-state index is 0.729. The highest BCUT2D eigenvalue weighted by atomic mass is 32.2. The predicted octanol–water partition coefficient (Wildman–Crippen LogP) is -0.0266. The minimum atomic E-state index is -3.28. The number of hydrogen-bond acceptors (Lipinski definition) is 4. The Bertz CT molecular complexity index is 193. The SMILES string of the molecule is CS(=O)(=O)ON1CCCC1. The number of nitrogens with zero attached hydrogens (tertiary/aromatic N) is 1. The first-order valence-electron chi connectivity index (χ1n) is 3.22. The van der Waals surface area contributed by atoms with Gasteiger partial charge < -0.3 is 0 Å². The summed E-state index contributed by atoms with van der Waals surface area (Å²) in [7, 11) is -3.28. The van der Waals surface area contributed by atoms with Gasteiger partial charge in [0.15, 0.2) is 0 Å². The van der Waals surface area contributed by atoms with Crippen LogP contribution in [0, 0.1) is 0 Å². The lowest BCUT2D eigenvalue weighted by molar-refractivity contribution is -0.0259. The summed E-state index contributed by atoms with van der Waals surface area (Å²) in [5, 5.41) is 1.48. The molecule has 0 aromatic rings. The van der Waals surface area contributed by atoms with Crippen LogP contribution >= 0.6 is 0 Å². The molecule has 1 aliphatic heterocycles. The number of rotatable bonds is 2. The Hall–Kier alpha value is -0.130. The molecule has 0 bridgehead atoms. The van der Waals surface area contributed by atoms with Crippen LogP contribution in [0.15, 0.2) is 0 Å². The zero-order chi connectivity index (χ0) is 7.61. The van der Waals surface area contributed by atoms with E-state index in [4.69, 9.17) is 0 Å². The highest BCUT2D eigenvalue weighted by Gasteiger charge is 2.16. The smallest absolute Gasteiger partial charge is 0.198 e. The Balaban J connectivity index is 2.38. The van der Waals surface area contributed by atoms with Crippen LogP contribution in [0.25, 0.3) is 0 Å². The molecule has 0 spiro atoms. The molecule has 0 aliphatic carbocycles. The summed E-state index contributed by atoms with van der Waals surface area (Å²) >= 11 is 0. The molecular weight excluding hydrogens is 154 g/mol. The summed E-state index contributed by atoms with van der Waals surface area (Å²) in [5.74, 6) is 0. The van der Waals surface area contributed by atoms with Crippen LogP contribution in [0.2, 0.25) is 0 Å². The third-order valence-corrected chi connectivity index (χ3v) is 1.79. The molecule has 0 amide bonds. The van der Waals surface area contributed by atoms with E-state index in [1.54, 1.807) is 0 Å². The van der Waals surface area contributed by atoms with E-state index in [-0.39, 0.29) is 0 Å².